The van der Waals surface area contributed by atoms with Gasteiger partial charge in [0.05, 0.1) is 63.8 Å². The molecule has 6 aromatic heterocycles. The first kappa shape index (κ1) is 48.2. The number of nitrogens with zero attached hydrogens (tertiary/aromatic N) is 5. The number of alkyl halides is 1. The number of benzene rings is 2. The van der Waals surface area contributed by atoms with Gasteiger partial charge in [-0.2, -0.15) is 14.9 Å². The topological polar surface area (TPSA) is 182 Å². The summed E-state index contributed by atoms with van der Waals surface area (Å²) in [5, 5.41) is 34.0. The van der Waals surface area contributed by atoms with Crippen molar-refractivity contribution in [3.05, 3.63) is 70.4 Å². The summed E-state index contributed by atoms with van der Waals surface area (Å²) in [4.78, 5) is 34.2. The maximum Gasteiger partial charge on any atom is 0.435 e. The van der Waals surface area contributed by atoms with Crippen LogP contribution in [-0.4, -0.2) is 106 Å². The van der Waals surface area contributed by atoms with Gasteiger partial charge in [-0.3, -0.25) is 5.10 Å². The lowest BCUT2D eigenvalue weighted by molar-refractivity contribution is 0.0520. The lowest BCUT2D eigenvalue weighted by Crippen LogP contribution is -2.31. The molecule has 8 aromatic rings. The zero-order chi connectivity index (χ0) is 47.5. The number of rotatable bonds is 13. The average Bonchev–Trinajstić information content (AvgIpc) is 4.14. The van der Waals surface area contributed by atoms with Gasteiger partial charge in [-0.1, -0.05) is 22.4 Å². The molecule has 0 radical (unpaired) electrons. The van der Waals surface area contributed by atoms with Crippen molar-refractivity contribution in [2.45, 2.75) is 98.1 Å². The van der Waals surface area contributed by atoms with Gasteiger partial charge >= 0.3 is 12.2 Å². The minimum Gasteiger partial charge on any atom is -0.493 e. The smallest absolute Gasteiger partial charge is 0.435 e. The zero-order valence-electron chi connectivity index (χ0n) is 38.7. The van der Waals surface area contributed by atoms with Crippen LogP contribution in [0.1, 0.15) is 83.4 Å². The van der Waals surface area contributed by atoms with E-state index in [-0.39, 0.29) is 13.2 Å². The van der Waals surface area contributed by atoms with E-state index in [1.165, 1.54) is 52.9 Å². The summed E-state index contributed by atoms with van der Waals surface area (Å²) >= 11 is 6.27. The second-order valence-electron chi connectivity index (χ2n) is 18.5. The highest BCUT2D eigenvalue weighted by molar-refractivity contribution is 9.09. The fourth-order valence-corrected chi connectivity index (χ4v) is 10.1. The fraction of sp³-hybridized carbons (Fsp3) is 0.429. The zero-order valence-corrected chi connectivity index (χ0v) is 42.0. The number of likely N-dealkylation sites (tertiary alicyclic amines) is 1. The first-order chi connectivity index (χ1) is 32.1. The molecule has 67 heavy (non-hydrogen) atoms. The monoisotopic (exact) mass is 1020 g/mol. The summed E-state index contributed by atoms with van der Waals surface area (Å²) in [6.07, 6.45) is 4.71. The van der Waals surface area contributed by atoms with Crippen LogP contribution >= 0.6 is 38.6 Å². The summed E-state index contributed by atoms with van der Waals surface area (Å²) < 4.78 is 27.5. The van der Waals surface area contributed by atoms with Gasteiger partial charge in [-0.05, 0) is 129 Å². The molecule has 0 amide bonds. The first-order valence-corrected chi connectivity index (χ1v) is 25.4. The molecule has 0 saturated carbocycles. The Morgan fingerprint density at radius 3 is 2.09 bits per heavy atom. The number of aliphatic hydroxyl groups is 2. The van der Waals surface area contributed by atoms with E-state index in [0.29, 0.717) is 44.4 Å². The molecule has 0 unspecified atom stereocenters. The Hall–Kier alpha value is -5.24. The van der Waals surface area contributed by atoms with E-state index in [9.17, 15) is 19.8 Å². The number of halogens is 1. The molecule has 1 saturated heterocycles. The Labute approximate surface area is 405 Å². The molecule has 1 fully saturated rings. The summed E-state index contributed by atoms with van der Waals surface area (Å²) in [7, 11) is 0. The summed E-state index contributed by atoms with van der Waals surface area (Å²) in [6, 6.07) is 19.3. The molecule has 0 aliphatic carbocycles. The van der Waals surface area contributed by atoms with Crippen LogP contribution in [0.15, 0.2) is 60.7 Å². The van der Waals surface area contributed by atoms with Crippen LogP contribution in [0.25, 0.3) is 65.0 Å². The molecule has 18 heteroatoms. The van der Waals surface area contributed by atoms with Crippen molar-refractivity contribution >= 4 is 93.0 Å². The van der Waals surface area contributed by atoms with Crippen molar-refractivity contribution in [3.8, 4) is 34.3 Å². The van der Waals surface area contributed by atoms with Gasteiger partial charge in [0.2, 0.25) is 0 Å². The van der Waals surface area contributed by atoms with Crippen LogP contribution in [0.2, 0.25) is 0 Å². The minimum absolute atomic E-state index is 0.0534. The highest BCUT2D eigenvalue weighted by Gasteiger charge is 2.29. The van der Waals surface area contributed by atoms with Crippen molar-refractivity contribution in [3.63, 3.8) is 0 Å². The highest BCUT2D eigenvalue weighted by Crippen LogP contribution is 2.39. The SMILES string of the molecule is CC(C)(C)OC(=O)n1nc(-c2cc3ccc(OCCCBr)cc3n2C(=O)OC(C)(C)C)c2sc(CO)cc21.OCc1cc2[nH]nc(-c3cc4ccc(OCCCN5CCCCC5)cc4[nH]3)c2s1. The second kappa shape index (κ2) is 20.5. The van der Waals surface area contributed by atoms with Crippen molar-refractivity contribution in [2.24, 2.45) is 0 Å². The highest BCUT2D eigenvalue weighted by atomic mass is 79.9. The Kier molecular flexibility index (Phi) is 14.8. The molecule has 356 valence electrons. The van der Waals surface area contributed by atoms with E-state index in [1.807, 2.05) is 30.3 Å². The number of nitrogens with one attached hydrogen (secondary N) is 2. The van der Waals surface area contributed by atoms with Gasteiger partial charge in [-0.15, -0.1) is 22.7 Å². The molecule has 15 nitrogen and oxygen atoms in total. The van der Waals surface area contributed by atoms with E-state index in [4.69, 9.17) is 18.9 Å². The number of hydrogen-bond donors (Lipinski definition) is 4. The van der Waals surface area contributed by atoms with Crippen LogP contribution in [0.5, 0.6) is 11.5 Å². The third-order valence-electron chi connectivity index (χ3n) is 10.9. The molecule has 0 spiro atoms. The molecule has 1 aliphatic rings. The van der Waals surface area contributed by atoms with Crippen molar-refractivity contribution in [2.75, 3.05) is 38.2 Å². The van der Waals surface area contributed by atoms with E-state index in [0.717, 1.165) is 79.8 Å². The summed E-state index contributed by atoms with van der Waals surface area (Å²) in [6.45, 7) is 15.4. The van der Waals surface area contributed by atoms with Crippen molar-refractivity contribution in [1.82, 2.24) is 34.4 Å². The third kappa shape index (κ3) is 11.4. The van der Waals surface area contributed by atoms with Gasteiger partial charge < -0.3 is 39.0 Å². The van der Waals surface area contributed by atoms with Crippen LogP contribution < -0.4 is 9.47 Å². The van der Waals surface area contributed by atoms with E-state index in [2.05, 4.69) is 59.3 Å². The number of aliphatic hydroxyl groups excluding tert-OH is 2. The van der Waals surface area contributed by atoms with Gasteiger partial charge in [0.1, 0.15) is 34.1 Å². The predicted octanol–water partition coefficient (Wildman–Crippen LogP) is 11.5. The number of thiophene rings is 2. The predicted molar refractivity (Wildman–Crippen MR) is 269 cm³/mol. The Morgan fingerprint density at radius 2 is 1.39 bits per heavy atom. The third-order valence-corrected chi connectivity index (χ3v) is 13.7. The number of carbonyl (C=O) groups is 2. The Morgan fingerprint density at radius 1 is 0.731 bits per heavy atom. The maximum absolute atomic E-state index is 13.6. The van der Waals surface area contributed by atoms with Gasteiger partial charge in [0.15, 0.2) is 0 Å². The Bertz CT molecular complexity index is 2990. The van der Waals surface area contributed by atoms with Crippen molar-refractivity contribution < 1.29 is 38.7 Å². The standard InChI is InChI=1S/C27H32BrN3O6S.C22H26N4O2S/c1-26(2,3)36-24(33)30-19-13-17(35-11-7-10-28)9-8-16(19)12-20(30)22-23-21(14-18(15-32)38-23)31(29-22)25(34)37-27(4,5)6;27-14-17-13-20-22(29-17)21(25-24-20)19-11-15-5-6-16(12-18(15)23-19)28-10-4-9-26-7-2-1-3-8-26/h8-9,12-14,32H,7,10-11,15H2,1-6H3;5-6,11-13,23,27H,1-4,7-10,14H2,(H,24,25). The quantitative estimate of drug-likeness (QED) is 0.0637. The van der Waals surface area contributed by atoms with Crippen molar-refractivity contribution in [1.29, 1.82) is 0 Å². The van der Waals surface area contributed by atoms with E-state index >= 15 is 0 Å². The molecular weight excluding hydrogens is 959 g/mol. The molecular formula is C49H58BrN7O8S2. The minimum atomic E-state index is -0.743. The normalized spacial score (nSPS) is 13.7. The maximum atomic E-state index is 13.6. The molecule has 0 atom stereocenters. The number of H-pyrrole nitrogens is 2. The number of ether oxygens (including phenoxy) is 4. The molecule has 1 aliphatic heterocycles. The lowest BCUT2D eigenvalue weighted by atomic mass is 10.1. The van der Waals surface area contributed by atoms with Gasteiger partial charge in [-0.25, -0.2) is 14.2 Å². The number of fused-ring (bicyclic) bond motifs is 4. The lowest BCUT2D eigenvalue weighted by Gasteiger charge is -2.26. The number of piperidine rings is 1. The summed E-state index contributed by atoms with van der Waals surface area (Å²) in [5.41, 5.74) is 4.33. The number of aromatic nitrogens is 6. The van der Waals surface area contributed by atoms with Crippen LogP contribution in [0, 0.1) is 0 Å². The number of hydrogen-bond acceptors (Lipinski definition) is 13. The van der Waals surface area contributed by atoms with E-state index < -0.39 is 23.4 Å². The summed E-state index contributed by atoms with van der Waals surface area (Å²) in [5.74, 6) is 1.52. The fourth-order valence-electron chi connectivity index (χ4n) is 7.95. The first-order valence-electron chi connectivity index (χ1n) is 22.6. The largest absolute Gasteiger partial charge is 0.493 e. The van der Waals surface area contributed by atoms with Crippen LogP contribution in [0.4, 0.5) is 9.59 Å². The number of aromatic amines is 2. The van der Waals surface area contributed by atoms with Gasteiger partial charge in [0.25, 0.3) is 0 Å². The molecule has 0 bridgehead atoms. The average molecular weight is 1020 g/mol. The second-order valence-corrected chi connectivity index (χ2v) is 21.6. The molecule has 4 N–H and O–H groups in total. The van der Waals surface area contributed by atoms with Crippen LogP contribution in [0.3, 0.4) is 0 Å². The van der Waals surface area contributed by atoms with E-state index in [1.54, 1.807) is 65.0 Å². The molecule has 9 rings (SSSR count). The number of carbonyl (C=O) groups excluding carboxylic acids is 2. The van der Waals surface area contributed by atoms with Gasteiger partial charge in [0, 0.05) is 50.1 Å². The Balaban J connectivity index is 0.000000188. The molecule has 2 aromatic carbocycles. The molecule has 7 heterocycles. The van der Waals surface area contributed by atoms with Crippen LogP contribution in [-0.2, 0) is 22.7 Å².